The Morgan fingerprint density at radius 1 is 1.21 bits per heavy atom. The van der Waals surface area contributed by atoms with Crippen LogP contribution in [0, 0.1) is 18.7 Å². The highest BCUT2D eigenvalue weighted by molar-refractivity contribution is 6.30. The van der Waals surface area contributed by atoms with E-state index in [4.69, 9.17) is 16.3 Å². The number of ether oxygens (including phenoxy) is 1. The summed E-state index contributed by atoms with van der Waals surface area (Å²) in [6, 6.07) is 9.48. The van der Waals surface area contributed by atoms with E-state index in [0.717, 1.165) is 0 Å². The van der Waals surface area contributed by atoms with E-state index in [0.29, 0.717) is 53.3 Å². The van der Waals surface area contributed by atoms with Crippen LogP contribution in [0.3, 0.4) is 0 Å². The molecular weight excluding hydrogens is 563 g/mol. The van der Waals surface area contributed by atoms with Gasteiger partial charge in [-0.25, -0.2) is 14.4 Å². The van der Waals surface area contributed by atoms with Gasteiger partial charge in [0.15, 0.2) is 5.82 Å². The van der Waals surface area contributed by atoms with Gasteiger partial charge in [0.05, 0.1) is 53.6 Å². The number of nitrogens with one attached hydrogen (secondary N) is 3. The molecule has 1 aliphatic heterocycles. The number of amides is 2. The second kappa shape index (κ2) is 12.2. The quantitative estimate of drug-likeness (QED) is 0.269. The maximum atomic E-state index is 14.7. The molecule has 2 amide bonds. The van der Waals surface area contributed by atoms with Crippen LogP contribution in [0.1, 0.15) is 59.8 Å². The zero-order chi connectivity index (χ0) is 30.0. The van der Waals surface area contributed by atoms with Crippen molar-refractivity contribution in [3.8, 4) is 16.9 Å². The molecule has 0 aliphatic carbocycles. The molecule has 0 fully saturated rings. The fraction of sp³-hybridized carbons (Fsp3) is 0.300. The number of methoxy groups -OCH3 is 1. The Balaban J connectivity index is 1.45. The largest absolute Gasteiger partial charge is 0.469 e. The molecule has 5 rings (SSSR count). The van der Waals surface area contributed by atoms with Gasteiger partial charge in [-0.2, -0.15) is 0 Å². The van der Waals surface area contributed by atoms with Crippen molar-refractivity contribution in [1.82, 2.24) is 24.8 Å². The van der Waals surface area contributed by atoms with Gasteiger partial charge in [0.25, 0.3) is 5.91 Å². The van der Waals surface area contributed by atoms with E-state index in [9.17, 15) is 18.8 Å². The molecular formula is C30H30ClFN6O4. The average molecular weight is 593 g/mol. The summed E-state index contributed by atoms with van der Waals surface area (Å²) < 4.78 is 20.9. The Bertz CT molecular complexity index is 1670. The highest BCUT2D eigenvalue weighted by Gasteiger charge is 2.26. The molecule has 12 heteroatoms. The van der Waals surface area contributed by atoms with E-state index in [1.54, 1.807) is 43.5 Å². The molecule has 42 heavy (non-hydrogen) atoms. The summed E-state index contributed by atoms with van der Waals surface area (Å²) in [4.78, 5) is 50.4. The molecule has 0 saturated heterocycles. The fourth-order valence-electron chi connectivity index (χ4n) is 5.00. The SMILES string of the molecule is COC(=O)Cc1ccc2c(c1)NC(=O)[C@H](C)CCC[C@H](NC(=O)c1ncn(-c3cccc(Cl)c3F)c1C)c1ncc-2[nH]1. The molecule has 2 atom stereocenters. The van der Waals surface area contributed by atoms with Crippen molar-refractivity contribution in [2.45, 2.75) is 45.6 Å². The van der Waals surface area contributed by atoms with Crippen LogP contribution in [-0.4, -0.2) is 44.4 Å². The lowest BCUT2D eigenvalue weighted by Crippen LogP contribution is -2.30. The molecule has 10 nitrogen and oxygen atoms in total. The lowest BCUT2D eigenvalue weighted by Gasteiger charge is -2.20. The molecule has 0 radical (unpaired) electrons. The minimum atomic E-state index is -0.607. The maximum absolute atomic E-state index is 14.7. The number of hydrogen-bond donors (Lipinski definition) is 3. The number of esters is 1. The Hall–Kier alpha value is -4.51. The van der Waals surface area contributed by atoms with Crippen molar-refractivity contribution in [2.24, 2.45) is 5.92 Å². The highest BCUT2D eigenvalue weighted by Crippen LogP contribution is 2.32. The van der Waals surface area contributed by atoms with Crippen molar-refractivity contribution >= 4 is 35.1 Å². The van der Waals surface area contributed by atoms with Crippen LogP contribution in [0.2, 0.25) is 5.02 Å². The van der Waals surface area contributed by atoms with Gasteiger partial charge in [0, 0.05) is 11.5 Å². The summed E-state index contributed by atoms with van der Waals surface area (Å²) in [6.45, 7) is 3.53. The van der Waals surface area contributed by atoms with Crippen LogP contribution in [0.5, 0.6) is 0 Å². The fourth-order valence-corrected chi connectivity index (χ4v) is 5.17. The second-order valence-corrected chi connectivity index (χ2v) is 10.7. The molecule has 3 N–H and O–H groups in total. The first-order valence-corrected chi connectivity index (χ1v) is 13.9. The minimum Gasteiger partial charge on any atom is -0.469 e. The summed E-state index contributed by atoms with van der Waals surface area (Å²) in [5.74, 6) is -1.34. The molecule has 3 heterocycles. The predicted molar refractivity (Wildman–Crippen MR) is 155 cm³/mol. The van der Waals surface area contributed by atoms with E-state index in [-0.39, 0.29) is 40.6 Å². The number of fused-ring (bicyclic) bond motifs is 4. The summed E-state index contributed by atoms with van der Waals surface area (Å²) in [7, 11) is 1.33. The van der Waals surface area contributed by atoms with Crippen LogP contribution >= 0.6 is 11.6 Å². The predicted octanol–water partition coefficient (Wildman–Crippen LogP) is 5.31. The molecule has 0 unspecified atom stereocenters. The summed E-state index contributed by atoms with van der Waals surface area (Å²) in [5, 5.41) is 5.99. The van der Waals surface area contributed by atoms with Gasteiger partial charge < -0.3 is 20.4 Å². The molecule has 2 aromatic carbocycles. The number of aromatic amines is 1. The number of nitrogens with zero attached hydrogens (tertiary/aromatic N) is 3. The first kappa shape index (κ1) is 29.0. The topological polar surface area (TPSA) is 131 Å². The molecule has 2 aromatic heterocycles. The Morgan fingerprint density at radius 3 is 2.81 bits per heavy atom. The third kappa shape index (κ3) is 5.91. The Kier molecular flexibility index (Phi) is 8.39. The number of benzene rings is 2. The number of carbonyl (C=O) groups excluding carboxylic acids is 3. The second-order valence-electron chi connectivity index (χ2n) is 10.3. The zero-order valence-corrected chi connectivity index (χ0v) is 24.1. The van der Waals surface area contributed by atoms with E-state index in [1.165, 1.54) is 24.1 Å². The Morgan fingerprint density at radius 2 is 2.02 bits per heavy atom. The van der Waals surface area contributed by atoms with Crippen molar-refractivity contribution in [3.05, 3.63) is 82.5 Å². The van der Waals surface area contributed by atoms with Gasteiger partial charge in [0.1, 0.15) is 17.8 Å². The number of carbonyl (C=O) groups is 3. The monoisotopic (exact) mass is 592 g/mol. The maximum Gasteiger partial charge on any atom is 0.309 e. The lowest BCUT2D eigenvalue weighted by atomic mass is 9.98. The number of aromatic nitrogens is 4. The van der Waals surface area contributed by atoms with Gasteiger partial charge in [-0.15, -0.1) is 0 Å². The average Bonchev–Trinajstić information content (AvgIpc) is 3.60. The molecule has 1 aliphatic rings. The van der Waals surface area contributed by atoms with Crippen LogP contribution in [0.15, 0.2) is 48.9 Å². The van der Waals surface area contributed by atoms with Crippen LogP contribution in [0.25, 0.3) is 16.9 Å². The minimum absolute atomic E-state index is 0.0300. The highest BCUT2D eigenvalue weighted by atomic mass is 35.5. The van der Waals surface area contributed by atoms with E-state index < -0.39 is 17.8 Å². The molecule has 0 spiro atoms. The third-order valence-corrected chi connectivity index (χ3v) is 7.72. The van der Waals surface area contributed by atoms with Gasteiger partial charge in [-0.05, 0) is 43.5 Å². The van der Waals surface area contributed by atoms with Crippen molar-refractivity contribution in [2.75, 3.05) is 12.4 Å². The van der Waals surface area contributed by atoms with Crippen molar-refractivity contribution in [3.63, 3.8) is 0 Å². The third-order valence-electron chi connectivity index (χ3n) is 7.43. The standard InChI is InChI=1S/C30H30ClFN6O4/c1-16-6-4-8-21(36-30(41)27-17(2)38(15-34-27)24-9-5-7-20(31)26(24)32)28-33-14-23(35-28)19-11-10-18(13-25(39)42-3)12-22(19)37-29(16)40/h5,7,9-12,14-16,21H,4,6,8,13H2,1-3H3,(H,33,35)(H,36,41)(H,37,40)/t16-,21+/m1/s1. The number of halogens is 2. The molecule has 2 bridgehead atoms. The summed E-state index contributed by atoms with van der Waals surface area (Å²) in [5.41, 5.74) is 3.33. The number of H-pyrrole nitrogens is 1. The van der Waals surface area contributed by atoms with Gasteiger partial charge in [-0.1, -0.05) is 43.1 Å². The number of rotatable bonds is 5. The summed E-state index contributed by atoms with van der Waals surface area (Å²) in [6.07, 6.45) is 4.82. The molecule has 218 valence electrons. The first-order valence-electron chi connectivity index (χ1n) is 13.5. The van der Waals surface area contributed by atoms with Gasteiger partial charge in [-0.3, -0.25) is 19.0 Å². The smallest absolute Gasteiger partial charge is 0.309 e. The van der Waals surface area contributed by atoms with E-state index in [2.05, 4.69) is 25.6 Å². The first-order chi connectivity index (χ1) is 20.2. The number of anilines is 1. The van der Waals surface area contributed by atoms with Crippen molar-refractivity contribution in [1.29, 1.82) is 0 Å². The zero-order valence-electron chi connectivity index (χ0n) is 23.3. The summed E-state index contributed by atoms with van der Waals surface area (Å²) >= 11 is 5.95. The van der Waals surface area contributed by atoms with E-state index >= 15 is 0 Å². The van der Waals surface area contributed by atoms with E-state index in [1.807, 2.05) is 6.92 Å². The van der Waals surface area contributed by atoms with Crippen LogP contribution in [-0.2, 0) is 20.7 Å². The lowest BCUT2D eigenvalue weighted by molar-refractivity contribution is -0.139. The normalized spacial score (nSPS) is 16.9. The number of imidazole rings is 2. The molecule has 0 saturated carbocycles. The van der Waals surface area contributed by atoms with Crippen LogP contribution < -0.4 is 10.6 Å². The van der Waals surface area contributed by atoms with Gasteiger partial charge >= 0.3 is 5.97 Å². The molecule has 4 aromatic rings. The Labute approximate surface area is 246 Å². The number of hydrogen-bond acceptors (Lipinski definition) is 6. The van der Waals surface area contributed by atoms with Gasteiger partial charge in [0.2, 0.25) is 5.91 Å². The van der Waals surface area contributed by atoms with Crippen LogP contribution in [0.4, 0.5) is 10.1 Å². The van der Waals surface area contributed by atoms with Crippen molar-refractivity contribution < 1.29 is 23.5 Å².